The van der Waals surface area contributed by atoms with E-state index in [2.05, 4.69) is 11.1 Å². The maximum Gasteiger partial charge on any atom is 0.124 e. The summed E-state index contributed by atoms with van der Waals surface area (Å²) in [7, 11) is 0. The lowest BCUT2D eigenvalue weighted by atomic mass is 10.1. The summed E-state index contributed by atoms with van der Waals surface area (Å²) in [6.07, 6.45) is 0.283. The maximum absolute atomic E-state index is 8.64. The molecule has 0 saturated carbocycles. The predicted octanol–water partition coefficient (Wildman–Crippen LogP) is 2.40. The molecule has 0 fully saturated rings. The van der Waals surface area contributed by atoms with Crippen molar-refractivity contribution in [2.24, 2.45) is 0 Å². The molecule has 0 aliphatic carbocycles. The molecule has 3 nitrogen and oxygen atoms in total. The Morgan fingerprint density at radius 3 is 2.56 bits per heavy atom. The number of aromatic nitrogens is 1. The summed E-state index contributed by atoms with van der Waals surface area (Å²) in [6, 6.07) is 15.7. The molecule has 0 aliphatic heterocycles. The first-order chi connectivity index (χ1) is 7.79. The molecule has 3 heteroatoms. The molecule has 2 aromatic rings. The number of rotatable bonds is 2. The fraction of sp³-hybridized carbons (Fsp3) is 0.0769. The summed E-state index contributed by atoms with van der Waals surface area (Å²) in [5.41, 5.74) is 8.49. The Morgan fingerprint density at radius 2 is 1.88 bits per heavy atom. The molecular formula is C13H11N3. The van der Waals surface area contributed by atoms with Crippen LogP contribution in [0, 0.1) is 11.3 Å². The first kappa shape index (κ1) is 10.2. The van der Waals surface area contributed by atoms with Gasteiger partial charge >= 0.3 is 0 Å². The molecule has 0 atom stereocenters. The molecule has 1 heterocycles. The topological polar surface area (TPSA) is 62.7 Å². The third-order valence-electron chi connectivity index (χ3n) is 2.27. The number of anilines is 1. The van der Waals surface area contributed by atoms with Gasteiger partial charge in [0, 0.05) is 0 Å². The van der Waals surface area contributed by atoms with E-state index in [9.17, 15) is 0 Å². The lowest BCUT2D eigenvalue weighted by Gasteiger charge is -2.04. The Balaban J connectivity index is 2.46. The van der Waals surface area contributed by atoms with Crippen LogP contribution in [0.1, 0.15) is 5.69 Å². The van der Waals surface area contributed by atoms with E-state index in [0.29, 0.717) is 11.5 Å². The van der Waals surface area contributed by atoms with Gasteiger partial charge in [-0.2, -0.15) is 5.26 Å². The molecular weight excluding hydrogens is 198 g/mol. The zero-order valence-corrected chi connectivity index (χ0v) is 8.72. The summed E-state index contributed by atoms with van der Waals surface area (Å²) >= 11 is 0. The zero-order valence-electron chi connectivity index (χ0n) is 8.72. The minimum absolute atomic E-state index is 0.283. The van der Waals surface area contributed by atoms with Gasteiger partial charge in [0.05, 0.1) is 18.2 Å². The fourth-order valence-electron chi connectivity index (χ4n) is 1.58. The molecule has 0 spiro atoms. The van der Waals surface area contributed by atoms with Crippen molar-refractivity contribution in [3.63, 3.8) is 0 Å². The van der Waals surface area contributed by atoms with Crippen molar-refractivity contribution in [3.05, 3.63) is 48.2 Å². The van der Waals surface area contributed by atoms with E-state index in [4.69, 9.17) is 11.0 Å². The van der Waals surface area contributed by atoms with Gasteiger partial charge in [0.2, 0.25) is 0 Å². The van der Waals surface area contributed by atoms with Gasteiger partial charge in [0.1, 0.15) is 5.82 Å². The normalized spacial score (nSPS) is 9.69. The van der Waals surface area contributed by atoms with E-state index in [0.717, 1.165) is 11.1 Å². The van der Waals surface area contributed by atoms with E-state index < -0.39 is 0 Å². The number of nitrogens with two attached hydrogens (primary N) is 1. The Labute approximate surface area is 94.2 Å². The lowest BCUT2D eigenvalue weighted by molar-refractivity contribution is 1.12. The van der Waals surface area contributed by atoms with E-state index in [1.807, 2.05) is 42.5 Å². The smallest absolute Gasteiger partial charge is 0.124 e. The van der Waals surface area contributed by atoms with Gasteiger partial charge in [-0.1, -0.05) is 30.3 Å². The molecule has 1 aromatic carbocycles. The van der Waals surface area contributed by atoms with Crippen LogP contribution in [0.4, 0.5) is 5.82 Å². The molecule has 0 aliphatic rings. The van der Waals surface area contributed by atoms with Gasteiger partial charge < -0.3 is 5.73 Å². The number of nitrogens with zero attached hydrogens (tertiary/aromatic N) is 2. The number of benzene rings is 1. The van der Waals surface area contributed by atoms with Crippen molar-refractivity contribution in [2.45, 2.75) is 6.42 Å². The van der Waals surface area contributed by atoms with E-state index >= 15 is 0 Å². The van der Waals surface area contributed by atoms with E-state index in [1.165, 1.54) is 0 Å². The molecule has 0 radical (unpaired) electrons. The van der Waals surface area contributed by atoms with Gasteiger partial charge in [0.15, 0.2) is 0 Å². The van der Waals surface area contributed by atoms with Crippen LogP contribution in [-0.4, -0.2) is 4.98 Å². The maximum atomic E-state index is 8.64. The zero-order chi connectivity index (χ0) is 11.4. The third kappa shape index (κ3) is 2.18. The Morgan fingerprint density at radius 1 is 1.12 bits per heavy atom. The van der Waals surface area contributed by atoms with E-state index in [-0.39, 0.29) is 6.42 Å². The van der Waals surface area contributed by atoms with Crippen molar-refractivity contribution in [1.29, 1.82) is 5.26 Å². The molecule has 78 valence electrons. The molecule has 2 N–H and O–H groups in total. The van der Waals surface area contributed by atoms with Crippen LogP contribution in [0.2, 0.25) is 0 Å². The minimum Gasteiger partial charge on any atom is -0.384 e. The second kappa shape index (κ2) is 4.45. The number of hydrogen-bond acceptors (Lipinski definition) is 3. The van der Waals surface area contributed by atoms with Crippen molar-refractivity contribution in [1.82, 2.24) is 4.98 Å². The van der Waals surface area contributed by atoms with Crippen LogP contribution in [0.15, 0.2) is 42.5 Å². The van der Waals surface area contributed by atoms with Crippen LogP contribution in [-0.2, 0) is 6.42 Å². The number of nitriles is 1. The van der Waals surface area contributed by atoms with Gasteiger partial charge in [0.25, 0.3) is 0 Å². The van der Waals surface area contributed by atoms with Gasteiger partial charge in [-0.25, -0.2) is 4.98 Å². The molecule has 1 aromatic heterocycles. The second-order valence-electron chi connectivity index (χ2n) is 3.47. The highest BCUT2D eigenvalue weighted by molar-refractivity contribution is 5.66. The highest BCUT2D eigenvalue weighted by Crippen LogP contribution is 2.21. The predicted molar refractivity (Wildman–Crippen MR) is 63.4 cm³/mol. The summed E-state index contributed by atoms with van der Waals surface area (Å²) < 4.78 is 0. The number of hydrogen-bond donors (Lipinski definition) is 1. The van der Waals surface area contributed by atoms with Crippen molar-refractivity contribution >= 4 is 5.82 Å². The van der Waals surface area contributed by atoms with E-state index in [1.54, 1.807) is 0 Å². The molecule has 2 rings (SSSR count). The van der Waals surface area contributed by atoms with Crippen molar-refractivity contribution in [3.8, 4) is 17.2 Å². The van der Waals surface area contributed by atoms with Gasteiger partial charge in [-0.05, 0) is 23.3 Å². The monoisotopic (exact) mass is 209 g/mol. The summed E-state index contributed by atoms with van der Waals surface area (Å²) in [4.78, 5) is 4.10. The summed E-state index contributed by atoms with van der Waals surface area (Å²) in [5.74, 6) is 0.451. The summed E-state index contributed by atoms with van der Waals surface area (Å²) in [5, 5.41) is 8.64. The Bertz CT molecular complexity index is 527. The Kier molecular flexibility index (Phi) is 2.84. The van der Waals surface area contributed by atoms with Crippen LogP contribution < -0.4 is 5.73 Å². The largest absolute Gasteiger partial charge is 0.384 e. The van der Waals surface area contributed by atoms with Crippen LogP contribution in [0.3, 0.4) is 0 Å². The standard InChI is InChI=1S/C13H11N3/c14-7-6-12-8-11(9-13(15)16-12)10-4-2-1-3-5-10/h1-5,8-9H,6H2,(H2,15,16). The summed E-state index contributed by atoms with van der Waals surface area (Å²) in [6.45, 7) is 0. The first-order valence-corrected chi connectivity index (χ1v) is 4.98. The third-order valence-corrected chi connectivity index (χ3v) is 2.27. The highest BCUT2D eigenvalue weighted by atomic mass is 14.8. The SMILES string of the molecule is N#CCc1cc(-c2ccccc2)cc(N)n1. The molecule has 16 heavy (non-hydrogen) atoms. The van der Waals surface area contributed by atoms with Gasteiger partial charge in [-0.15, -0.1) is 0 Å². The average molecular weight is 209 g/mol. The quantitative estimate of drug-likeness (QED) is 0.826. The van der Waals surface area contributed by atoms with Crippen LogP contribution in [0.5, 0.6) is 0 Å². The molecule has 0 bridgehead atoms. The van der Waals surface area contributed by atoms with Crippen LogP contribution in [0.25, 0.3) is 11.1 Å². The van der Waals surface area contributed by atoms with Crippen LogP contribution >= 0.6 is 0 Å². The molecule has 0 unspecified atom stereocenters. The van der Waals surface area contributed by atoms with Gasteiger partial charge in [-0.3, -0.25) is 0 Å². The molecule has 0 amide bonds. The highest BCUT2D eigenvalue weighted by Gasteiger charge is 2.02. The molecule has 0 saturated heterocycles. The number of pyridine rings is 1. The average Bonchev–Trinajstić information content (AvgIpc) is 2.30. The minimum atomic E-state index is 0.283. The van der Waals surface area contributed by atoms with Crippen molar-refractivity contribution in [2.75, 3.05) is 5.73 Å². The van der Waals surface area contributed by atoms with Crippen molar-refractivity contribution < 1.29 is 0 Å². The first-order valence-electron chi connectivity index (χ1n) is 4.98. The fourth-order valence-corrected chi connectivity index (χ4v) is 1.58. The lowest BCUT2D eigenvalue weighted by Crippen LogP contribution is -1.96. The number of nitrogen functional groups attached to an aromatic ring is 1. The Hall–Kier alpha value is -2.34. The second-order valence-corrected chi connectivity index (χ2v) is 3.47.